The van der Waals surface area contributed by atoms with E-state index in [2.05, 4.69) is 59.8 Å². The van der Waals surface area contributed by atoms with E-state index < -0.39 is 0 Å². The van der Waals surface area contributed by atoms with E-state index in [1.165, 1.54) is 11.9 Å². The second-order valence-corrected chi connectivity index (χ2v) is 7.81. The number of unbranched alkanes of at least 4 members (excludes halogenated alkanes) is 1. The van der Waals surface area contributed by atoms with Gasteiger partial charge in [0.05, 0.1) is 11.0 Å². The molecule has 0 atom stereocenters. The van der Waals surface area contributed by atoms with Crippen molar-refractivity contribution in [2.75, 3.05) is 24.5 Å². The number of piperidine rings is 1. The highest BCUT2D eigenvalue weighted by Crippen LogP contribution is 2.27. The number of aryl methyl sites for hydroxylation is 1. The van der Waals surface area contributed by atoms with Crippen molar-refractivity contribution in [1.29, 1.82) is 0 Å². The largest absolute Gasteiger partial charge is 0.356 e. The third-order valence-corrected chi connectivity index (χ3v) is 5.20. The number of aromatic nitrogens is 2. The molecule has 1 amide bonds. The summed E-state index contributed by atoms with van der Waals surface area (Å²) < 4.78 is 2.36. The second-order valence-electron chi connectivity index (χ2n) is 7.81. The number of fused-ring (bicyclic) bond motifs is 1. The van der Waals surface area contributed by atoms with Gasteiger partial charge in [-0.1, -0.05) is 39.3 Å². The molecule has 0 radical (unpaired) electrons. The molecule has 2 heterocycles. The Labute approximate surface area is 156 Å². The number of amides is 1. The van der Waals surface area contributed by atoms with Gasteiger partial charge in [0.25, 0.3) is 0 Å². The average molecular weight is 357 g/mol. The van der Waals surface area contributed by atoms with Crippen LogP contribution in [0.5, 0.6) is 0 Å². The maximum absolute atomic E-state index is 12.3. The summed E-state index contributed by atoms with van der Waals surface area (Å²) in [5, 5.41) is 3.09. The number of carbonyl (C=O) groups excluding carboxylic acids is 1. The van der Waals surface area contributed by atoms with Crippen LogP contribution in [0.3, 0.4) is 0 Å². The molecule has 0 spiro atoms. The Bertz CT molecular complexity index is 729. The number of nitrogens with one attached hydrogen (secondary N) is 1. The van der Waals surface area contributed by atoms with Gasteiger partial charge < -0.3 is 14.8 Å². The van der Waals surface area contributed by atoms with E-state index in [1.807, 2.05) is 0 Å². The molecule has 0 unspecified atom stereocenters. The molecular weight excluding hydrogens is 324 g/mol. The highest BCUT2D eigenvalue weighted by atomic mass is 16.1. The predicted molar refractivity (Wildman–Crippen MR) is 107 cm³/mol. The minimum atomic E-state index is 0.137. The Morgan fingerprint density at radius 1 is 1.27 bits per heavy atom. The zero-order chi connectivity index (χ0) is 18.5. The minimum Gasteiger partial charge on any atom is -0.356 e. The molecule has 1 N–H and O–H groups in total. The lowest BCUT2D eigenvalue weighted by Crippen LogP contribution is -2.42. The fourth-order valence-electron chi connectivity index (χ4n) is 3.63. The van der Waals surface area contributed by atoms with Crippen LogP contribution in [0.2, 0.25) is 0 Å². The van der Waals surface area contributed by atoms with Crippen molar-refractivity contribution in [3.05, 3.63) is 24.3 Å². The van der Waals surface area contributed by atoms with Gasteiger partial charge in [0.15, 0.2) is 0 Å². The first kappa shape index (κ1) is 18.7. The van der Waals surface area contributed by atoms with Gasteiger partial charge in [-0.25, -0.2) is 4.98 Å². The van der Waals surface area contributed by atoms with Crippen LogP contribution in [0.1, 0.15) is 46.5 Å². The van der Waals surface area contributed by atoms with Crippen LogP contribution in [-0.2, 0) is 11.3 Å². The molecule has 1 aromatic carbocycles. The first-order chi connectivity index (χ1) is 12.6. The van der Waals surface area contributed by atoms with Crippen LogP contribution >= 0.6 is 0 Å². The van der Waals surface area contributed by atoms with Gasteiger partial charge in [-0.2, -0.15) is 0 Å². The third-order valence-electron chi connectivity index (χ3n) is 5.20. The Balaban J connectivity index is 1.70. The highest BCUT2D eigenvalue weighted by molar-refractivity contribution is 5.80. The van der Waals surface area contributed by atoms with Gasteiger partial charge in [0.1, 0.15) is 0 Å². The summed E-state index contributed by atoms with van der Waals surface area (Å²) in [6.07, 6.45) is 4.13. The van der Waals surface area contributed by atoms with Crippen molar-refractivity contribution in [3.63, 3.8) is 0 Å². The monoisotopic (exact) mass is 356 g/mol. The number of anilines is 1. The molecule has 0 aliphatic carbocycles. The molecular formula is C21H32N4O. The summed E-state index contributed by atoms with van der Waals surface area (Å²) in [5.41, 5.74) is 2.28. The molecule has 1 fully saturated rings. The fourth-order valence-corrected chi connectivity index (χ4v) is 3.63. The number of para-hydroxylation sites is 2. The number of benzene rings is 1. The van der Waals surface area contributed by atoms with Crippen LogP contribution < -0.4 is 10.2 Å². The van der Waals surface area contributed by atoms with Gasteiger partial charge in [0.2, 0.25) is 11.9 Å². The Kier molecular flexibility index (Phi) is 6.17. The number of hydrogen-bond acceptors (Lipinski definition) is 3. The van der Waals surface area contributed by atoms with E-state index >= 15 is 0 Å². The summed E-state index contributed by atoms with van der Waals surface area (Å²) >= 11 is 0. The van der Waals surface area contributed by atoms with Crippen molar-refractivity contribution in [2.45, 2.75) is 53.0 Å². The number of nitrogens with zero attached hydrogens (tertiary/aromatic N) is 3. The molecule has 5 nitrogen and oxygen atoms in total. The first-order valence-corrected chi connectivity index (χ1v) is 10.1. The molecule has 0 bridgehead atoms. The van der Waals surface area contributed by atoms with Crippen molar-refractivity contribution in [1.82, 2.24) is 14.9 Å². The highest BCUT2D eigenvalue weighted by Gasteiger charge is 2.27. The predicted octanol–water partition coefficient (Wildman–Crippen LogP) is 3.83. The number of hydrogen-bond donors (Lipinski definition) is 1. The number of carbonyl (C=O) groups is 1. The van der Waals surface area contributed by atoms with E-state index in [4.69, 9.17) is 4.98 Å². The maximum Gasteiger partial charge on any atom is 0.223 e. The minimum absolute atomic E-state index is 0.137. The van der Waals surface area contributed by atoms with Crippen LogP contribution in [0.4, 0.5) is 5.95 Å². The molecule has 5 heteroatoms. The average Bonchev–Trinajstić information content (AvgIpc) is 3.03. The molecule has 142 valence electrons. The summed E-state index contributed by atoms with van der Waals surface area (Å²) in [6.45, 7) is 10.0. The Morgan fingerprint density at radius 3 is 2.69 bits per heavy atom. The molecule has 1 aliphatic rings. The molecule has 3 rings (SSSR count). The standard InChI is InChI=1S/C21H32N4O/c1-4-5-12-25-19-9-7-6-8-18(19)23-21(25)24-13-10-17(11-14-24)20(26)22-15-16(2)3/h6-9,16-17H,4-5,10-15H2,1-3H3,(H,22,26). The van der Waals surface area contributed by atoms with Crippen LogP contribution in [0.15, 0.2) is 24.3 Å². The summed E-state index contributed by atoms with van der Waals surface area (Å²) in [6, 6.07) is 8.39. The lowest BCUT2D eigenvalue weighted by molar-refractivity contribution is -0.125. The second kappa shape index (κ2) is 8.56. The Hall–Kier alpha value is -2.04. The summed E-state index contributed by atoms with van der Waals surface area (Å²) in [5.74, 6) is 1.93. The van der Waals surface area contributed by atoms with Crippen molar-refractivity contribution in [3.8, 4) is 0 Å². The number of imidazole rings is 1. The van der Waals surface area contributed by atoms with Crippen LogP contribution in [0, 0.1) is 11.8 Å². The summed E-state index contributed by atoms with van der Waals surface area (Å²) in [7, 11) is 0. The van der Waals surface area contributed by atoms with E-state index in [0.29, 0.717) is 5.92 Å². The quantitative estimate of drug-likeness (QED) is 0.820. The van der Waals surface area contributed by atoms with Crippen molar-refractivity contribution >= 4 is 22.9 Å². The van der Waals surface area contributed by atoms with E-state index in [0.717, 1.165) is 56.9 Å². The lowest BCUT2D eigenvalue weighted by atomic mass is 9.96. The van der Waals surface area contributed by atoms with Crippen LogP contribution in [-0.4, -0.2) is 35.1 Å². The fraction of sp³-hybridized carbons (Fsp3) is 0.619. The first-order valence-electron chi connectivity index (χ1n) is 10.1. The van der Waals surface area contributed by atoms with E-state index in [9.17, 15) is 4.79 Å². The molecule has 1 aromatic heterocycles. The SMILES string of the molecule is CCCCn1c(N2CCC(C(=O)NCC(C)C)CC2)nc2ccccc21. The molecule has 0 saturated carbocycles. The maximum atomic E-state index is 12.3. The molecule has 1 saturated heterocycles. The van der Waals surface area contributed by atoms with Gasteiger partial charge in [0, 0.05) is 32.1 Å². The number of rotatable bonds is 7. The van der Waals surface area contributed by atoms with Gasteiger partial charge in [-0.05, 0) is 37.3 Å². The molecule has 2 aromatic rings. The smallest absolute Gasteiger partial charge is 0.223 e. The van der Waals surface area contributed by atoms with Gasteiger partial charge in [-0.15, -0.1) is 0 Å². The topological polar surface area (TPSA) is 50.2 Å². The molecule has 1 aliphatic heterocycles. The summed E-state index contributed by atoms with van der Waals surface area (Å²) in [4.78, 5) is 19.6. The van der Waals surface area contributed by atoms with Gasteiger partial charge in [-0.3, -0.25) is 4.79 Å². The normalized spacial score (nSPS) is 15.8. The van der Waals surface area contributed by atoms with E-state index in [-0.39, 0.29) is 11.8 Å². The van der Waals surface area contributed by atoms with Crippen molar-refractivity contribution < 1.29 is 4.79 Å². The zero-order valence-corrected chi connectivity index (χ0v) is 16.4. The van der Waals surface area contributed by atoms with Crippen molar-refractivity contribution in [2.24, 2.45) is 11.8 Å². The third kappa shape index (κ3) is 4.19. The Morgan fingerprint density at radius 2 is 2.00 bits per heavy atom. The lowest BCUT2D eigenvalue weighted by Gasteiger charge is -2.32. The molecule has 26 heavy (non-hydrogen) atoms. The van der Waals surface area contributed by atoms with Crippen LogP contribution in [0.25, 0.3) is 11.0 Å². The van der Waals surface area contributed by atoms with E-state index in [1.54, 1.807) is 0 Å². The zero-order valence-electron chi connectivity index (χ0n) is 16.4. The van der Waals surface area contributed by atoms with Gasteiger partial charge >= 0.3 is 0 Å².